The Hall–Kier alpha value is -0.440. The summed E-state index contributed by atoms with van der Waals surface area (Å²) in [5.41, 5.74) is 1.37. The van der Waals surface area contributed by atoms with Gasteiger partial charge < -0.3 is 10.2 Å². The average Bonchev–Trinajstić information content (AvgIpc) is 2.65. The van der Waals surface area contributed by atoms with Gasteiger partial charge in [0.1, 0.15) is 0 Å². The van der Waals surface area contributed by atoms with Crippen LogP contribution in [0.5, 0.6) is 0 Å². The van der Waals surface area contributed by atoms with Crippen LogP contribution in [0, 0.1) is 0 Å². The van der Waals surface area contributed by atoms with E-state index in [-0.39, 0.29) is 5.54 Å². The summed E-state index contributed by atoms with van der Waals surface area (Å²) in [6.45, 7) is 3.20. The monoisotopic (exact) mass is 312 g/mol. The summed E-state index contributed by atoms with van der Waals surface area (Å²) in [5, 5.41) is 5.38. The molecule has 1 heterocycles. The highest BCUT2D eigenvalue weighted by molar-refractivity contribution is 6.35. The summed E-state index contributed by atoms with van der Waals surface area (Å²) in [6, 6.07) is 5.77. The molecular formula is C16H22Cl2N2. The molecule has 4 heteroatoms. The van der Waals surface area contributed by atoms with E-state index in [0.29, 0.717) is 0 Å². The second-order valence-corrected chi connectivity index (χ2v) is 6.98. The van der Waals surface area contributed by atoms with Crippen LogP contribution in [0.1, 0.15) is 38.5 Å². The number of hydrogen-bond acceptors (Lipinski definition) is 2. The van der Waals surface area contributed by atoms with Crippen LogP contribution in [0.15, 0.2) is 18.2 Å². The van der Waals surface area contributed by atoms with Gasteiger partial charge in [-0.1, -0.05) is 42.5 Å². The van der Waals surface area contributed by atoms with Crippen molar-refractivity contribution in [1.29, 1.82) is 0 Å². The fraction of sp³-hybridized carbons (Fsp3) is 0.625. The van der Waals surface area contributed by atoms with Crippen molar-refractivity contribution in [3.8, 4) is 0 Å². The fourth-order valence-corrected chi connectivity index (χ4v) is 4.02. The van der Waals surface area contributed by atoms with Crippen LogP contribution < -0.4 is 10.2 Å². The lowest BCUT2D eigenvalue weighted by atomic mass is 9.81. The van der Waals surface area contributed by atoms with E-state index in [1.165, 1.54) is 32.1 Å². The molecule has 0 aromatic heterocycles. The van der Waals surface area contributed by atoms with Crippen molar-refractivity contribution < 1.29 is 0 Å². The molecular weight excluding hydrogens is 291 g/mol. The largest absolute Gasteiger partial charge is 0.368 e. The second-order valence-electron chi connectivity index (χ2n) is 6.14. The van der Waals surface area contributed by atoms with Crippen LogP contribution in [0.4, 0.5) is 5.69 Å². The standard InChI is InChI=1S/C16H22Cl2N2/c17-13-5-6-14(18)15(11-13)20-10-4-9-19-16(12-20)7-2-1-3-8-16/h5-6,11,19H,1-4,7-10,12H2. The first-order chi connectivity index (χ1) is 9.69. The first kappa shape index (κ1) is 14.5. The molecule has 0 bridgehead atoms. The minimum Gasteiger partial charge on any atom is -0.368 e. The van der Waals surface area contributed by atoms with Crippen LogP contribution in [0.25, 0.3) is 0 Å². The number of benzene rings is 1. The highest BCUT2D eigenvalue weighted by Crippen LogP contribution is 2.35. The summed E-state index contributed by atoms with van der Waals surface area (Å²) in [7, 11) is 0. The third kappa shape index (κ3) is 3.08. The third-order valence-electron chi connectivity index (χ3n) is 4.66. The number of hydrogen-bond donors (Lipinski definition) is 1. The summed E-state index contributed by atoms with van der Waals surface area (Å²) in [4.78, 5) is 2.43. The Kier molecular flexibility index (Phi) is 4.44. The maximum Gasteiger partial charge on any atom is 0.0640 e. The van der Waals surface area contributed by atoms with Crippen LogP contribution in [-0.4, -0.2) is 25.2 Å². The maximum atomic E-state index is 6.39. The van der Waals surface area contributed by atoms with Gasteiger partial charge in [0, 0.05) is 23.7 Å². The third-order valence-corrected chi connectivity index (χ3v) is 5.21. The molecule has 2 nitrogen and oxygen atoms in total. The Morgan fingerprint density at radius 1 is 1.05 bits per heavy atom. The molecule has 110 valence electrons. The van der Waals surface area contributed by atoms with E-state index < -0.39 is 0 Å². The molecule has 1 saturated heterocycles. The summed E-state index contributed by atoms with van der Waals surface area (Å²) < 4.78 is 0. The fourth-order valence-electron chi connectivity index (χ4n) is 3.62. The van der Waals surface area contributed by atoms with E-state index in [2.05, 4.69) is 10.2 Å². The lowest BCUT2D eigenvalue weighted by Gasteiger charge is -2.40. The van der Waals surface area contributed by atoms with Crippen LogP contribution >= 0.6 is 23.2 Å². The van der Waals surface area contributed by atoms with Crippen molar-refractivity contribution in [3.63, 3.8) is 0 Å². The number of nitrogens with zero attached hydrogens (tertiary/aromatic N) is 1. The normalized spacial score (nSPS) is 22.8. The van der Waals surface area contributed by atoms with Crippen molar-refractivity contribution in [2.24, 2.45) is 0 Å². The van der Waals surface area contributed by atoms with Gasteiger partial charge >= 0.3 is 0 Å². The molecule has 2 fully saturated rings. The predicted octanol–water partition coefficient (Wildman–Crippen LogP) is 4.50. The molecule has 3 rings (SSSR count). The van der Waals surface area contributed by atoms with E-state index in [4.69, 9.17) is 23.2 Å². The van der Waals surface area contributed by atoms with E-state index in [1.807, 2.05) is 18.2 Å². The van der Waals surface area contributed by atoms with E-state index in [0.717, 1.165) is 41.8 Å². The molecule has 1 aromatic carbocycles. The minimum atomic E-state index is 0.278. The first-order valence-electron chi connectivity index (χ1n) is 7.64. The Morgan fingerprint density at radius 2 is 1.85 bits per heavy atom. The number of halogens is 2. The summed E-state index contributed by atoms with van der Waals surface area (Å²) in [5.74, 6) is 0. The average molecular weight is 313 g/mol. The van der Waals surface area contributed by atoms with Gasteiger partial charge in [-0.2, -0.15) is 0 Å². The molecule has 20 heavy (non-hydrogen) atoms. The van der Waals surface area contributed by atoms with Crippen LogP contribution in [0.2, 0.25) is 10.0 Å². The Labute approximate surface area is 131 Å². The molecule has 0 atom stereocenters. The zero-order valence-corrected chi connectivity index (χ0v) is 13.3. The number of nitrogens with one attached hydrogen (secondary N) is 1. The van der Waals surface area contributed by atoms with Crippen molar-refractivity contribution in [1.82, 2.24) is 5.32 Å². The van der Waals surface area contributed by atoms with Gasteiger partial charge in [0.15, 0.2) is 0 Å². The van der Waals surface area contributed by atoms with Gasteiger partial charge in [0.25, 0.3) is 0 Å². The first-order valence-corrected chi connectivity index (χ1v) is 8.39. The van der Waals surface area contributed by atoms with Crippen LogP contribution in [-0.2, 0) is 0 Å². The van der Waals surface area contributed by atoms with Gasteiger partial charge in [0.05, 0.1) is 10.7 Å². The SMILES string of the molecule is Clc1ccc(Cl)c(N2CCCNC3(CCCCC3)C2)c1. The molecule has 1 aliphatic heterocycles. The number of anilines is 1. The lowest BCUT2D eigenvalue weighted by molar-refractivity contribution is 0.246. The second kappa shape index (κ2) is 6.13. The Bertz CT molecular complexity index is 470. The van der Waals surface area contributed by atoms with Gasteiger partial charge in [0.2, 0.25) is 0 Å². The predicted molar refractivity (Wildman–Crippen MR) is 87.1 cm³/mol. The zero-order chi connectivity index (χ0) is 14.0. The van der Waals surface area contributed by atoms with Crippen LogP contribution in [0.3, 0.4) is 0 Å². The van der Waals surface area contributed by atoms with Crippen molar-refractivity contribution in [3.05, 3.63) is 28.2 Å². The van der Waals surface area contributed by atoms with E-state index in [9.17, 15) is 0 Å². The molecule has 1 aromatic rings. The Balaban J connectivity index is 1.86. The minimum absolute atomic E-state index is 0.278. The van der Waals surface area contributed by atoms with Gasteiger partial charge in [-0.15, -0.1) is 0 Å². The maximum absolute atomic E-state index is 6.39. The van der Waals surface area contributed by atoms with E-state index >= 15 is 0 Å². The molecule has 0 radical (unpaired) electrons. The highest BCUT2D eigenvalue weighted by atomic mass is 35.5. The smallest absolute Gasteiger partial charge is 0.0640 e. The van der Waals surface area contributed by atoms with E-state index in [1.54, 1.807) is 0 Å². The van der Waals surface area contributed by atoms with Gasteiger partial charge in [-0.3, -0.25) is 0 Å². The molecule has 0 amide bonds. The van der Waals surface area contributed by atoms with Crippen molar-refractivity contribution >= 4 is 28.9 Å². The molecule has 1 N–H and O–H groups in total. The van der Waals surface area contributed by atoms with Gasteiger partial charge in [-0.05, 0) is 44.0 Å². The Morgan fingerprint density at radius 3 is 2.65 bits per heavy atom. The molecule has 2 aliphatic rings. The number of rotatable bonds is 1. The molecule has 0 unspecified atom stereocenters. The summed E-state index contributed by atoms with van der Waals surface area (Å²) in [6.07, 6.45) is 7.77. The highest BCUT2D eigenvalue weighted by Gasteiger charge is 2.35. The molecule has 1 saturated carbocycles. The summed E-state index contributed by atoms with van der Waals surface area (Å²) >= 11 is 12.5. The zero-order valence-electron chi connectivity index (χ0n) is 11.8. The van der Waals surface area contributed by atoms with Crippen molar-refractivity contribution in [2.75, 3.05) is 24.5 Å². The topological polar surface area (TPSA) is 15.3 Å². The molecule has 1 aliphatic carbocycles. The quantitative estimate of drug-likeness (QED) is 0.821. The molecule has 1 spiro atoms. The lowest BCUT2D eigenvalue weighted by Crippen LogP contribution is -2.52. The van der Waals surface area contributed by atoms with Gasteiger partial charge in [-0.25, -0.2) is 0 Å². The van der Waals surface area contributed by atoms with Crippen molar-refractivity contribution in [2.45, 2.75) is 44.1 Å².